The number of hydrogen-bond donors (Lipinski definition) is 0. The Kier molecular flexibility index (Phi) is 3.67. The lowest BCUT2D eigenvalue weighted by atomic mass is 9.80. The fourth-order valence-electron chi connectivity index (χ4n) is 4.38. The molecule has 2 aromatic carbocycles. The van der Waals surface area contributed by atoms with E-state index >= 15 is 0 Å². The smallest absolute Gasteiger partial charge is 0.00578 e. The fourth-order valence-corrected chi connectivity index (χ4v) is 4.38. The zero-order valence-electron chi connectivity index (χ0n) is 15.5. The van der Waals surface area contributed by atoms with Crippen LogP contribution < -0.4 is 0 Å². The molecule has 24 heavy (non-hydrogen) atoms. The van der Waals surface area contributed by atoms with Gasteiger partial charge in [-0.15, -0.1) is 0 Å². The van der Waals surface area contributed by atoms with Gasteiger partial charge in [-0.3, -0.25) is 0 Å². The second kappa shape index (κ2) is 5.62. The molecule has 4 rings (SSSR count). The summed E-state index contributed by atoms with van der Waals surface area (Å²) in [5.74, 6) is 0. The Morgan fingerprint density at radius 1 is 0.833 bits per heavy atom. The van der Waals surface area contributed by atoms with Crippen molar-refractivity contribution in [1.29, 1.82) is 0 Å². The standard InChI is InChI=1S/C24H28/c1-16-13-18-15-23(17-9-11-19(12-10-17)24(2,3)4)21-8-6-5-7-20(21)22(18)14-16/h9-13,15H,5-8,14H2,1-4H3. The van der Waals surface area contributed by atoms with Crippen LogP contribution in [0.2, 0.25) is 0 Å². The molecule has 124 valence electrons. The quantitative estimate of drug-likeness (QED) is 0.564. The Labute approximate surface area is 146 Å². The largest absolute Gasteiger partial charge is 0.0683 e. The molecule has 0 aliphatic heterocycles. The highest BCUT2D eigenvalue weighted by molar-refractivity contribution is 5.78. The van der Waals surface area contributed by atoms with Crippen LogP contribution >= 0.6 is 0 Å². The van der Waals surface area contributed by atoms with Crippen LogP contribution in [-0.4, -0.2) is 0 Å². The molecular weight excluding hydrogens is 288 g/mol. The van der Waals surface area contributed by atoms with Crippen molar-refractivity contribution in [2.75, 3.05) is 0 Å². The van der Waals surface area contributed by atoms with E-state index in [9.17, 15) is 0 Å². The maximum Gasteiger partial charge on any atom is -0.00578 e. The summed E-state index contributed by atoms with van der Waals surface area (Å²) in [6.45, 7) is 9.12. The van der Waals surface area contributed by atoms with Gasteiger partial charge in [-0.25, -0.2) is 0 Å². The van der Waals surface area contributed by atoms with Gasteiger partial charge in [-0.05, 0) is 89.5 Å². The summed E-state index contributed by atoms with van der Waals surface area (Å²) in [6, 6.07) is 11.8. The van der Waals surface area contributed by atoms with Gasteiger partial charge in [0.05, 0.1) is 0 Å². The van der Waals surface area contributed by atoms with Crippen molar-refractivity contribution < 1.29 is 0 Å². The molecule has 0 radical (unpaired) electrons. The normalized spacial score (nSPS) is 16.6. The van der Waals surface area contributed by atoms with E-state index < -0.39 is 0 Å². The zero-order valence-corrected chi connectivity index (χ0v) is 15.5. The van der Waals surface area contributed by atoms with Crippen molar-refractivity contribution in [3.05, 3.63) is 63.7 Å². The highest BCUT2D eigenvalue weighted by Crippen LogP contribution is 2.40. The molecule has 0 atom stereocenters. The number of fused-ring (bicyclic) bond motifs is 3. The van der Waals surface area contributed by atoms with Gasteiger partial charge in [0, 0.05) is 0 Å². The van der Waals surface area contributed by atoms with Crippen molar-refractivity contribution in [3.63, 3.8) is 0 Å². The lowest BCUT2D eigenvalue weighted by Crippen LogP contribution is -2.11. The van der Waals surface area contributed by atoms with Crippen molar-refractivity contribution in [2.24, 2.45) is 0 Å². The van der Waals surface area contributed by atoms with Crippen molar-refractivity contribution in [2.45, 2.75) is 65.2 Å². The average molecular weight is 316 g/mol. The van der Waals surface area contributed by atoms with E-state index in [4.69, 9.17) is 0 Å². The van der Waals surface area contributed by atoms with Crippen LogP contribution in [0.4, 0.5) is 0 Å². The van der Waals surface area contributed by atoms with Gasteiger partial charge in [0.1, 0.15) is 0 Å². The molecule has 0 amide bonds. The Bertz CT molecular complexity index is 811. The summed E-state index contributed by atoms with van der Waals surface area (Å²) in [6.07, 6.45) is 8.78. The SMILES string of the molecule is CC1=Cc2cc(-c3ccc(C(C)(C)C)cc3)c3c(c2C1)CCCC3. The topological polar surface area (TPSA) is 0 Å². The van der Waals surface area contributed by atoms with Crippen molar-refractivity contribution in [1.82, 2.24) is 0 Å². The van der Waals surface area contributed by atoms with Gasteiger partial charge in [-0.2, -0.15) is 0 Å². The predicted molar refractivity (Wildman–Crippen MR) is 105 cm³/mol. The summed E-state index contributed by atoms with van der Waals surface area (Å²) >= 11 is 0. The predicted octanol–water partition coefficient (Wildman–Crippen LogP) is 6.49. The van der Waals surface area contributed by atoms with Crippen molar-refractivity contribution in [3.8, 4) is 11.1 Å². The minimum absolute atomic E-state index is 0.218. The molecule has 0 nitrogen and oxygen atoms in total. The molecule has 0 fully saturated rings. The molecule has 0 heteroatoms. The first kappa shape index (κ1) is 15.7. The molecule has 0 N–H and O–H groups in total. The van der Waals surface area contributed by atoms with Crippen molar-refractivity contribution >= 4 is 6.08 Å². The van der Waals surface area contributed by atoms with E-state index in [1.807, 2.05) is 0 Å². The first-order valence-corrected chi connectivity index (χ1v) is 9.39. The van der Waals surface area contributed by atoms with E-state index in [0.717, 1.165) is 0 Å². The van der Waals surface area contributed by atoms with Gasteiger partial charge in [0.25, 0.3) is 0 Å². The lowest BCUT2D eigenvalue weighted by molar-refractivity contribution is 0.590. The third-order valence-electron chi connectivity index (χ3n) is 5.72. The first-order valence-electron chi connectivity index (χ1n) is 9.39. The number of allylic oxidation sites excluding steroid dienone is 1. The first-order chi connectivity index (χ1) is 11.4. The monoisotopic (exact) mass is 316 g/mol. The fraction of sp³-hybridized carbons (Fsp3) is 0.417. The molecule has 0 aromatic heterocycles. The van der Waals surface area contributed by atoms with E-state index in [-0.39, 0.29) is 5.41 Å². The maximum atomic E-state index is 2.46. The molecule has 2 aromatic rings. The molecule has 2 aliphatic rings. The minimum atomic E-state index is 0.218. The number of rotatable bonds is 1. The Morgan fingerprint density at radius 3 is 2.17 bits per heavy atom. The minimum Gasteiger partial charge on any atom is -0.0683 e. The van der Waals surface area contributed by atoms with Gasteiger partial charge >= 0.3 is 0 Å². The summed E-state index contributed by atoms with van der Waals surface area (Å²) in [4.78, 5) is 0. The third-order valence-corrected chi connectivity index (χ3v) is 5.72. The molecule has 0 heterocycles. The molecule has 2 aliphatic carbocycles. The third kappa shape index (κ3) is 2.62. The highest BCUT2D eigenvalue weighted by atomic mass is 14.3. The van der Waals surface area contributed by atoms with E-state index in [2.05, 4.69) is 64.1 Å². The lowest BCUT2D eigenvalue weighted by Gasteiger charge is -2.24. The molecule has 0 saturated carbocycles. The Morgan fingerprint density at radius 2 is 1.50 bits per heavy atom. The summed E-state index contributed by atoms with van der Waals surface area (Å²) in [7, 11) is 0. The Balaban J connectivity index is 1.85. The molecule has 0 spiro atoms. The van der Waals surface area contributed by atoms with Crippen LogP contribution in [-0.2, 0) is 24.7 Å². The second-order valence-electron chi connectivity index (χ2n) is 8.65. The van der Waals surface area contributed by atoms with Crippen LogP contribution in [0.3, 0.4) is 0 Å². The number of benzene rings is 2. The summed E-state index contributed by atoms with van der Waals surface area (Å²) in [5, 5.41) is 0. The summed E-state index contributed by atoms with van der Waals surface area (Å²) in [5.41, 5.74) is 12.4. The highest BCUT2D eigenvalue weighted by Gasteiger charge is 2.23. The van der Waals surface area contributed by atoms with Gasteiger partial charge in [-0.1, -0.05) is 56.7 Å². The van der Waals surface area contributed by atoms with Crippen LogP contribution in [0.5, 0.6) is 0 Å². The molecule has 0 saturated heterocycles. The van der Waals surface area contributed by atoms with Gasteiger partial charge < -0.3 is 0 Å². The zero-order chi connectivity index (χ0) is 16.9. The molecule has 0 bridgehead atoms. The van der Waals surface area contributed by atoms with Crippen LogP contribution in [0.1, 0.15) is 68.4 Å². The van der Waals surface area contributed by atoms with Crippen LogP contribution in [0.15, 0.2) is 35.9 Å². The van der Waals surface area contributed by atoms with Gasteiger partial charge in [0.15, 0.2) is 0 Å². The maximum absolute atomic E-state index is 2.46. The Hall–Kier alpha value is -1.82. The van der Waals surface area contributed by atoms with E-state index in [1.54, 1.807) is 16.7 Å². The van der Waals surface area contributed by atoms with Crippen LogP contribution in [0, 0.1) is 0 Å². The van der Waals surface area contributed by atoms with E-state index in [0.29, 0.717) is 0 Å². The second-order valence-corrected chi connectivity index (χ2v) is 8.65. The summed E-state index contributed by atoms with van der Waals surface area (Å²) < 4.78 is 0. The van der Waals surface area contributed by atoms with E-state index in [1.165, 1.54) is 59.9 Å². The van der Waals surface area contributed by atoms with Crippen LogP contribution in [0.25, 0.3) is 17.2 Å². The average Bonchev–Trinajstić information content (AvgIpc) is 2.94. The number of hydrogen-bond acceptors (Lipinski definition) is 0. The molecular formula is C24H28. The van der Waals surface area contributed by atoms with Gasteiger partial charge in [0.2, 0.25) is 0 Å². The molecule has 0 unspecified atom stereocenters.